The molecule has 2 atom stereocenters. The molecule has 1 aliphatic heterocycles. The van der Waals surface area contributed by atoms with Crippen molar-refractivity contribution in [3.05, 3.63) is 35.3 Å². The molecule has 5 nitrogen and oxygen atoms in total. The fraction of sp³-hybridized carbons (Fsp3) is 0.412. The van der Waals surface area contributed by atoms with E-state index in [1.807, 2.05) is 31.2 Å². The number of rotatable bonds is 5. The van der Waals surface area contributed by atoms with Gasteiger partial charge in [-0.05, 0) is 44.0 Å². The SMILES string of the molecule is COc1ccc(-c2nc(C(=O)N[C@H](C)[C@@H]3CCCO3)cs2)cc1. The molecule has 23 heavy (non-hydrogen) atoms. The summed E-state index contributed by atoms with van der Waals surface area (Å²) in [5.41, 5.74) is 1.42. The van der Waals surface area contributed by atoms with Crippen molar-refractivity contribution < 1.29 is 14.3 Å². The number of thiazole rings is 1. The molecule has 2 aromatic rings. The third-order valence-corrected chi connectivity index (χ3v) is 4.85. The minimum atomic E-state index is -0.149. The molecule has 1 aromatic heterocycles. The van der Waals surface area contributed by atoms with E-state index in [2.05, 4.69) is 10.3 Å². The van der Waals surface area contributed by atoms with Gasteiger partial charge in [0.2, 0.25) is 0 Å². The molecule has 1 aliphatic rings. The lowest BCUT2D eigenvalue weighted by Crippen LogP contribution is -2.40. The van der Waals surface area contributed by atoms with Crippen LogP contribution in [-0.4, -0.2) is 36.8 Å². The topological polar surface area (TPSA) is 60.5 Å². The van der Waals surface area contributed by atoms with Crippen molar-refractivity contribution >= 4 is 17.2 Å². The number of aromatic nitrogens is 1. The summed E-state index contributed by atoms with van der Waals surface area (Å²) in [5.74, 6) is 0.651. The monoisotopic (exact) mass is 332 g/mol. The van der Waals surface area contributed by atoms with Crippen LogP contribution in [0, 0.1) is 0 Å². The minimum Gasteiger partial charge on any atom is -0.497 e. The van der Waals surface area contributed by atoms with Gasteiger partial charge >= 0.3 is 0 Å². The van der Waals surface area contributed by atoms with Crippen LogP contribution in [-0.2, 0) is 4.74 Å². The maximum Gasteiger partial charge on any atom is 0.271 e. The van der Waals surface area contributed by atoms with Crippen LogP contribution in [0.5, 0.6) is 5.75 Å². The molecule has 3 rings (SSSR count). The number of carbonyl (C=O) groups excluding carboxylic acids is 1. The first kappa shape index (κ1) is 16.0. The first-order chi connectivity index (χ1) is 11.2. The van der Waals surface area contributed by atoms with E-state index in [0.717, 1.165) is 35.8 Å². The van der Waals surface area contributed by atoms with Crippen LogP contribution >= 0.6 is 11.3 Å². The van der Waals surface area contributed by atoms with E-state index in [1.165, 1.54) is 11.3 Å². The number of hydrogen-bond acceptors (Lipinski definition) is 5. The lowest BCUT2D eigenvalue weighted by Gasteiger charge is -2.19. The van der Waals surface area contributed by atoms with Crippen molar-refractivity contribution in [3.8, 4) is 16.3 Å². The highest BCUT2D eigenvalue weighted by atomic mass is 32.1. The normalized spacial score (nSPS) is 18.6. The second-order valence-corrected chi connectivity index (χ2v) is 6.44. The molecular formula is C17H20N2O3S. The Balaban J connectivity index is 1.66. The van der Waals surface area contributed by atoms with Gasteiger partial charge in [-0.1, -0.05) is 0 Å². The molecule has 0 aliphatic carbocycles. The zero-order valence-electron chi connectivity index (χ0n) is 13.2. The molecule has 1 amide bonds. The summed E-state index contributed by atoms with van der Waals surface area (Å²) in [6.07, 6.45) is 2.16. The number of nitrogens with zero attached hydrogens (tertiary/aromatic N) is 1. The average molecular weight is 332 g/mol. The van der Waals surface area contributed by atoms with Crippen LogP contribution in [0.4, 0.5) is 0 Å². The molecule has 1 fully saturated rings. The van der Waals surface area contributed by atoms with Gasteiger partial charge in [-0.2, -0.15) is 0 Å². The van der Waals surface area contributed by atoms with E-state index in [4.69, 9.17) is 9.47 Å². The third-order valence-electron chi connectivity index (χ3n) is 3.96. The number of methoxy groups -OCH3 is 1. The van der Waals surface area contributed by atoms with Crippen molar-refractivity contribution in [1.29, 1.82) is 0 Å². The number of nitrogens with one attached hydrogen (secondary N) is 1. The van der Waals surface area contributed by atoms with Crippen molar-refractivity contribution in [2.24, 2.45) is 0 Å². The molecular weight excluding hydrogens is 312 g/mol. The predicted molar refractivity (Wildman–Crippen MR) is 90.0 cm³/mol. The zero-order valence-corrected chi connectivity index (χ0v) is 14.1. The predicted octanol–water partition coefficient (Wildman–Crippen LogP) is 3.12. The molecule has 0 bridgehead atoms. The third kappa shape index (κ3) is 3.71. The van der Waals surface area contributed by atoms with E-state index in [1.54, 1.807) is 12.5 Å². The van der Waals surface area contributed by atoms with Crippen LogP contribution in [0.2, 0.25) is 0 Å². The van der Waals surface area contributed by atoms with Gasteiger partial charge in [-0.3, -0.25) is 4.79 Å². The Bertz CT molecular complexity index is 663. The van der Waals surface area contributed by atoms with E-state index in [-0.39, 0.29) is 18.1 Å². The lowest BCUT2D eigenvalue weighted by atomic mass is 10.1. The highest BCUT2D eigenvalue weighted by molar-refractivity contribution is 7.13. The Labute approximate surface area is 139 Å². The second kappa shape index (κ2) is 7.10. The number of ether oxygens (including phenoxy) is 2. The standard InChI is InChI=1S/C17H20N2O3S/c1-11(15-4-3-9-22-15)18-16(20)14-10-23-17(19-14)12-5-7-13(21-2)8-6-12/h5-8,10-11,15H,3-4,9H2,1-2H3,(H,18,20)/t11-,15+/m1/s1. The summed E-state index contributed by atoms with van der Waals surface area (Å²) in [6, 6.07) is 7.64. The summed E-state index contributed by atoms with van der Waals surface area (Å²) in [4.78, 5) is 16.8. The van der Waals surface area contributed by atoms with Crippen LogP contribution < -0.4 is 10.1 Å². The van der Waals surface area contributed by atoms with Crippen LogP contribution in [0.25, 0.3) is 10.6 Å². The molecule has 0 unspecified atom stereocenters. The van der Waals surface area contributed by atoms with Crippen molar-refractivity contribution in [2.75, 3.05) is 13.7 Å². The van der Waals surface area contributed by atoms with Gasteiger partial charge in [-0.15, -0.1) is 11.3 Å². The van der Waals surface area contributed by atoms with E-state index in [9.17, 15) is 4.79 Å². The summed E-state index contributed by atoms with van der Waals surface area (Å²) >= 11 is 1.46. The Hall–Kier alpha value is -1.92. The van der Waals surface area contributed by atoms with Gasteiger partial charge in [0, 0.05) is 17.6 Å². The number of hydrogen-bond donors (Lipinski definition) is 1. The van der Waals surface area contributed by atoms with Crippen molar-refractivity contribution in [2.45, 2.75) is 31.9 Å². The van der Waals surface area contributed by atoms with Crippen molar-refractivity contribution in [1.82, 2.24) is 10.3 Å². The molecule has 0 saturated carbocycles. The lowest BCUT2D eigenvalue weighted by molar-refractivity contribution is 0.0710. The first-order valence-corrected chi connectivity index (χ1v) is 8.58. The molecule has 0 radical (unpaired) electrons. The highest BCUT2D eigenvalue weighted by Gasteiger charge is 2.24. The fourth-order valence-electron chi connectivity index (χ4n) is 2.61. The molecule has 1 saturated heterocycles. The fourth-order valence-corrected chi connectivity index (χ4v) is 3.42. The molecule has 6 heteroatoms. The summed E-state index contributed by atoms with van der Waals surface area (Å²) in [6.45, 7) is 2.76. The Morgan fingerprint density at radius 1 is 1.43 bits per heavy atom. The number of amides is 1. The van der Waals surface area contributed by atoms with Gasteiger partial charge in [0.25, 0.3) is 5.91 Å². The van der Waals surface area contributed by atoms with E-state index < -0.39 is 0 Å². The van der Waals surface area contributed by atoms with Crippen LogP contribution in [0.1, 0.15) is 30.3 Å². The van der Waals surface area contributed by atoms with Crippen molar-refractivity contribution in [3.63, 3.8) is 0 Å². The van der Waals surface area contributed by atoms with Crippen LogP contribution in [0.3, 0.4) is 0 Å². The molecule has 122 valence electrons. The highest BCUT2D eigenvalue weighted by Crippen LogP contribution is 2.26. The van der Waals surface area contributed by atoms with Gasteiger partial charge < -0.3 is 14.8 Å². The minimum absolute atomic E-state index is 0.00358. The second-order valence-electron chi connectivity index (χ2n) is 5.58. The summed E-state index contributed by atoms with van der Waals surface area (Å²) < 4.78 is 10.8. The van der Waals surface area contributed by atoms with Crippen LogP contribution in [0.15, 0.2) is 29.6 Å². The number of carbonyl (C=O) groups is 1. The molecule has 1 N–H and O–H groups in total. The number of benzene rings is 1. The Morgan fingerprint density at radius 2 is 2.22 bits per heavy atom. The smallest absolute Gasteiger partial charge is 0.271 e. The molecule has 2 heterocycles. The van der Waals surface area contributed by atoms with Gasteiger partial charge in [0.05, 0.1) is 19.3 Å². The Morgan fingerprint density at radius 3 is 2.87 bits per heavy atom. The average Bonchev–Trinajstić information content (AvgIpc) is 3.26. The first-order valence-electron chi connectivity index (χ1n) is 7.70. The maximum absolute atomic E-state index is 12.3. The van der Waals surface area contributed by atoms with E-state index in [0.29, 0.717) is 5.69 Å². The summed E-state index contributed by atoms with van der Waals surface area (Å²) in [5, 5.41) is 5.59. The van der Waals surface area contributed by atoms with E-state index >= 15 is 0 Å². The Kier molecular flexibility index (Phi) is 4.93. The van der Waals surface area contributed by atoms with Gasteiger partial charge in [0.15, 0.2) is 0 Å². The van der Waals surface area contributed by atoms with Gasteiger partial charge in [-0.25, -0.2) is 4.98 Å². The maximum atomic E-state index is 12.3. The molecule has 1 aromatic carbocycles. The molecule has 0 spiro atoms. The largest absolute Gasteiger partial charge is 0.497 e. The zero-order chi connectivity index (χ0) is 16.2. The van der Waals surface area contributed by atoms with Gasteiger partial charge in [0.1, 0.15) is 16.5 Å². The summed E-state index contributed by atoms with van der Waals surface area (Å²) in [7, 11) is 1.63. The quantitative estimate of drug-likeness (QED) is 0.914.